The molecule has 2 aromatic rings. The molecule has 0 aliphatic heterocycles. The van der Waals surface area contributed by atoms with Crippen LogP contribution in [0.1, 0.15) is 66.3 Å². The van der Waals surface area contributed by atoms with Crippen molar-refractivity contribution in [1.82, 2.24) is 20.2 Å². The minimum Gasteiger partial charge on any atom is -0.304 e. The van der Waals surface area contributed by atoms with Gasteiger partial charge >= 0.3 is 0 Å². The molecule has 0 spiro atoms. The molecule has 1 aliphatic carbocycles. The summed E-state index contributed by atoms with van der Waals surface area (Å²) in [4.78, 5) is 20.1. The second-order valence-electron chi connectivity index (χ2n) is 5.90. The molecule has 116 valence electrons. The monoisotopic (exact) mass is 299 g/mol. The lowest BCUT2D eigenvalue weighted by Crippen LogP contribution is -2.14. The maximum Gasteiger partial charge on any atom is 0.275 e. The summed E-state index contributed by atoms with van der Waals surface area (Å²) >= 11 is 0. The number of aromatic nitrogens is 4. The van der Waals surface area contributed by atoms with E-state index in [2.05, 4.69) is 25.5 Å². The van der Waals surface area contributed by atoms with Crippen LogP contribution in [0, 0.1) is 6.92 Å². The van der Waals surface area contributed by atoms with E-state index in [1.54, 1.807) is 6.07 Å². The maximum atomic E-state index is 12.2. The highest BCUT2D eigenvalue weighted by atomic mass is 16.1. The molecule has 0 atom stereocenters. The second-order valence-corrected chi connectivity index (χ2v) is 5.90. The van der Waals surface area contributed by atoms with Crippen LogP contribution in [0.3, 0.4) is 0 Å². The van der Waals surface area contributed by atoms with Crippen LogP contribution in [0.2, 0.25) is 0 Å². The van der Waals surface area contributed by atoms with Gasteiger partial charge in [-0.3, -0.25) is 9.89 Å². The number of anilines is 1. The SMILES string of the molecule is Cc1cc(C(=O)Nc2cc(C3CCCCCC3)[nH]n2)ncn1. The standard InChI is InChI=1S/C16H21N5O/c1-11-8-14(18-10-17-11)16(22)19-15-9-13(20-21-15)12-6-4-2-3-5-7-12/h8-10,12H,2-7H2,1H3,(H2,19,20,21,22). The van der Waals surface area contributed by atoms with Crippen LogP contribution in [0.5, 0.6) is 0 Å². The molecule has 1 aliphatic rings. The third-order valence-electron chi connectivity index (χ3n) is 4.17. The van der Waals surface area contributed by atoms with Crippen LogP contribution in [0.4, 0.5) is 5.82 Å². The van der Waals surface area contributed by atoms with Gasteiger partial charge in [-0.1, -0.05) is 25.7 Å². The van der Waals surface area contributed by atoms with E-state index in [1.807, 2.05) is 13.0 Å². The van der Waals surface area contributed by atoms with Gasteiger partial charge in [-0.25, -0.2) is 9.97 Å². The molecule has 0 radical (unpaired) electrons. The van der Waals surface area contributed by atoms with Crippen molar-refractivity contribution in [3.8, 4) is 0 Å². The first-order valence-electron chi connectivity index (χ1n) is 7.87. The molecule has 0 aromatic carbocycles. The second kappa shape index (κ2) is 6.68. The summed E-state index contributed by atoms with van der Waals surface area (Å²) in [6.45, 7) is 1.83. The van der Waals surface area contributed by atoms with Gasteiger partial charge in [0.05, 0.1) is 0 Å². The minimum atomic E-state index is -0.260. The van der Waals surface area contributed by atoms with E-state index in [9.17, 15) is 4.79 Å². The predicted octanol–water partition coefficient (Wildman–Crippen LogP) is 3.20. The maximum absolute atomic E-state index is 12.2. The summed E-state index contributed by atoms with van der Waals surface area (Å²) in [5.41, 5.74) is 2.24. The number of aryl methyl sites for hydroxylation is 1. The first-order chi connectivity index (χ1) is 10.7. The van der Waals surface area contributed by atoms with Gasteiger partial charge in [0.25, 0.3) is 5.91 Å². The number of nitrogens with one attached hydrogen (secondary N) is 2. The normalized spacial score (nSPS) is 16.2. The molecule has 0 saturated heterocycles. The highest BCUT2D eigenvalue weighted by molar-refractivity contribution is 6.02. The number of aromatic amines is 1. The number of hydrogen-bond donors (Lipinski definition) is 2. The van der Waals surface area contributed by atoms with Crippen LogP contribution >= 0.6 is 0 Å². The fourth-order valence-corrected chi connectivity index (χ4v) is 2.96. The van der Waals surface area contributed by atoms with Gasteiger partial charge in [0.15, 0.2) is 5.82 Å². The van der Waals surface area contributed by atoms with Crippen LogP contribution in [0.15, 0.2) is 18.5 Å². The number of carbonyl (C=O) groups excluding carboxylic acids is 1. The van der Waals surface area contributed by atoms with E-state index in [1.165, 1.54) is 44.9 Å². The summed E-state index contributed by atoms with van der Waals surface area (Å²) in [7, 11) is 0. The smallest absolute Gasteiger partial charge is 0.275 e. The minimum absolute atomic E-state index is 0.260. The van der Waals surface area contributed by atoms with Gasteiger partial charge < -0.3 is 5.32 Å². The Kier molecular flexibility index (Phi) is 4.46. The molecule has 22 heavy (non-hydrogen) atoms. The number of nitrogens with zero attached hydrogens (tertiary/aromatic N) is 3. The van der Waals surface area contributed by atoms with Crippen molar-refractivity contribution in [2.75, 3.05) is 5.32 Å². The van der Waals surface area contributed by atoms with E-state index < -0.39 is 0 Å². The molecule has 6 nitrogen and oxygen atoms in total. The molecular formula is C16H21N5O. The van der Waals surface area contributed by atoms with Crippen molar-refractivity contribution in [2.45, 2.75) is 51.4 Å². The molecule has 6 heteroatoms. The fourth-order valence-electron chi connectivity index (χ4n) is 2.96. The molecule has 1 amide bonds. The summed E-state index contributed by atoms with van der Waals surface area (Å²) < 4.78 is 0. The lowest BCUT2D eigenvalue weighted by Gasteiger charge is -2.10. The summed E-state index contributed by atoms with van der Waals surface area (Å²) in [6, 6.07) is 3.61. The molecule has 1 fully saturated rings. The van der Waals surface area contributed by atoms with Crippen molar-refractivity contribution in [3.05, 3.63) is 35.5 Å². The largest absolute Gasteiger partial charge is 0.304 e. The Hall–Kier alpha value is -2.24. The average Bonchev–Trinajstić information content (AvgIpc) is 2.81. The van der Waals surface area contributed by atoms with Gasteiger partial charge in [-0.05, 0) is 25.8 Å². The van der Waals surface area contributed by atoms with Crippen molar-refractivity contribution < 1.29 is 4.79 Å². The number of H-pyrrole nitrogens is 1. The van der Waals surface area contributed by atoms with E-state index in [0.29, 0.717) is 17.4 Å². The van der Waals surface area contributed by atoms with Crippen LogP contribution in [0.25, 0.3) is 0 Å². The fraction of sp³-hybridized carbons (Fsp3) is 0.500. The molecule has 1 saturated carbocycles. The zero-order chi connectivity index (χ0) is 15.4. The van der Waals surface area contributed by atoms with E-state index in [4.69, 9.17) is 0 Å². The Morgan fingerprint density at radius 3 is 2.68 bits per heavy atom. The zero-order valence-corrected chi connectivity index (χ0v) is 12.8. The molecule has 0 bridgehead atoms. The van der Waals surface area contributed by atoms with E-state index >= 15 is 0 Å². The topological polar surface area (TPSA) is 83.6 Å². The molecule has 0 unspecified atom stereocenters. The number of hydrogen-bond acceptors (Lipinski definition) is 4. The Morgan fingerprint density at radius 2 is 1.95 bits per heavy atom. The number of amides is 1. The van der Waals surface area contributed by atoms with Crippen LogP contribution < -0.4 is 5.32 Å². The average molecular weight is 299 g/mol. The molecular weight excluding hydrogens is 278 g/mol. The third-order valence-corrected chi connectivity index (χ3v) is 4.17. The van der Waals surface area contributed by atoms with Gasteiger partial charge in [-0.2, -0.15) is 5.10 Å². The molecule has 2 aromatic heterocycles. The Bertz CT molecular complexity index is 643. The first-order valence-corrected chi connectivity index (χ1v) is 7.87. The van der Waals surface area contributed by atoms with Gasteiger partial charge in [0.2, 0.25) is 0 Å². The van der Waals surface area contributed by atoms with Crippen molar-refractivity contribution >= 4 is 11.7 Å². The number of rotatable bonds is 3. The summed E-state index contributed by atoms with van der Waals surface area (Å²) in [6.07, 6.45) is 8.97. The molecule has 2 heterocycles. The van der Waals surface area contributed by atoms with Gasteiger partial charge in [0, 0.05) is 23.4 Å². The first kappa shape index (κ1) is 14.7. The molecule has 3 rings (SSSR count). The third kappa shape index (κ3) is 3.50. The van der Waals surface area contributed by atoms with Crippen LogP contribution in [-0.4, -0.2) is 26.1 Å². The van der Waals surface area contributed by atoms with Gasteiger partial charge in [-0.15, -0.1) is 0 Å². The number of carbonyl (C=O) groups is 1. The quantitative estimate of drug-likeness (QED) is 0.852. The lowest BCUT2D eigenvalue weighted by molar-refractivity contribution is 0.102. The lowest BCUT2D eigenvalue weighted by atomic mass is 9.97. The van der Waals surface area contributed by atoms with Crippen molar-refractivity contribution in [1.29, 1.82) is 0 Å². The van der Waals surface area contributed by atoms with E-state index in [0.717, 1.165) is 11.4 Å². The van der Waals surface area contributed by atoms with E-state index in [-0.39, 0.29) is 5.91 Å². The Morgan fingerprint density at radius 1 is 1.18 bits per heavy atom. The van der Waals surface area contributed by atoms with Crippen molar-refractivity contribution in [3.63, 3.8) is 0 Å². The van der Waals surface area contributed by atoms with Crippen LogP contribution in [-0.2, 0) is 0 Å². The zero-order valence-electron chi connectivity index (χ0n) is 12.8. The van der Waals surface area contributed by atoms with Gasteiger partial charge in [0.1, 0.15) is 12.0 Å². The highest BCUT2D eigenvalue weighted by Crippen LogP contribution is 2.31. The van der Waals surface area contributed by atoms with Crippen molar-refractivity contribution in [2.24, 2.45) is 0 Å². The summed E-state index contributed by atoms with van der Waals surface area (Å²) in [5, 5.41) is 10.1. The highest BCUT2D eigenvalue weighted by Gasteiger charge is 2.17. The Balaban J connectivity index is 1.67. The Labute approximate surface area is 129 Å². The predicted molar refractivity (Wildman–Crippen MR) is 83.8 cm³/mol. The summed E-state index contributed by atoms with van der Waals surface area (Å²) in [5.74, 6) is 0.826. The molecule has 2 N–H and O–H groups in total.